The number of benzene rings is 2. The van der Waals surface area contributed by atoms with Crippen LogP contribution in [0.4, 0.5) is 37.8 Å². The number of alkyl halides is 6. The zero-order valence-electron chi connectivity index (χ0n) is 21.9. The number of halogens is 6. The molecule has 1 saturated heterocycles. The van der Waals surface area contributed by atoms with Crippen LogP contribution in [0.25, 0.3) is 11.1 Å². The molecule has 12 heteroatoms. The lowest BCUT2D eigenvalue weighted by atomic mass is 9.81. The molecule has 1 aliphatic rings. The Morgan fingerprint density at radius 1 is 0.900 bits per heavy atom. The Morgan fingerprint density at radius 3 is 2.00 bits per heavy atom. The molecule has 0 spiro atoms. The van der Waals surface area contributed by atoms with Crippen molar-refractivity contribution in [3.63, 3.8) is 0 Å². The molecule has 0 saturated carbocycles. The minimum Gasteiger partial charge on any atom is -0.626 e. The fraction of sp³-hybridized carbons (Fsp3) is 0.357. The van der Waals surface area contributed by atoms with E-state index in [1.807, 2.05) is 13.0 Å². The van der Waals surface area contributed by atoms with Crippen LogP contribution >= 0.6 is 0 Å². The van der Waals surface area contributed by atoms with E-state index in [9.17, 15) is 36.3 Å². The summed E-state index contributed by atoms with van der Waals surface area (Å²) in [4.78, 5) is 17.8. The second kappa shape index (κ2) is 10.5. The van der Waals surface area contributed by atoms with Gasteiger partial charge in [-0.3, -0.25) is 4.79 Å². The van der Waals surface area contributed by atoms with E-state index in [0.717, 1.165) is 5.56 Å². The number of pyridine rings is 1. The number of aromatic nitrogens is 1. The van der Waals surface area contributed by atoms with Crippen molar-refractivity contribution < 1.29 is 35.9 Å². The molecular weight excluding hydrogens is 540 g/mol. The van der Waals surface area contributed by atoms with Gasteiger partial charge in [0.15, 0.2) is 0 Å². The SMILES string of the molecule is Cc1ccccc1-c1cc([N+]2([O-])CCOCC2)ncc1NC(=O)C(C)(C)c1cc(C(F)(F)F)cc(C(F)(F)F)c1. The lowest BCUT2D eigenvalue weighted by Gasteiger charge is -2.43. The number of morpholine rings is 1. The number of hydrogen-bond donors (Lipinski definition) is 1. The van der Waals surface area contributed by atoms with Crippen molar-refractivity contribution in [2.45, 2.75) is 38.5 Å². The molecule has 1 aromatic heterocycles. The highest BCUT2D eigenvalue weighted by molar-refractivity contribution is 6.01. The molecule has 1 fully saturated rings. The van der Waals surface area contributed by atoms with Crippen molar-refractivity contribution in [1.29, 1.82) is 0 Å². The quantitative estimate of drug-likeness (QED) is 0.208. The maximum Gasteiger partial charge on any atom is 0.416 e. The maximum absolute atomic E-state index is 13.5. The second-order valence-electron chi connectivity index (χ2n) is 10.2. The number of nitrogens with one attached hydrogen (secondary N) is 1. The third kappa shape index (κ3) is 5.98. The number of hydrogen-bond acceptors (Lipinski definition) is 4. The topological polar surface area (TPSA) is 74.3 Å². The molecule has 0 bridgehead atoms. The zero-order chi connectivity index (χ0) is 29.5. The molecule has 2 heterocycles. The number of ether oxygens (including phenoxy) is 1. The largest absolute Gasteiger partial charge is 0.626 e. The molecule has 2 aromatic carbocycles. The molecule has 0 radical (unpaired) electrons. The smallest absolute Gasteiger partial charge is 0.416 e. The van der Waals surface area contributed by atoms with E-state index in [1.54, 1.807) is 24.3 Å². The molecule has 214 valence electrons. The highest BCUT2D eigenvalue weighted by atomic mass is 19.4. The van der Waals surface area contributed by atoms with Gasteiger partial charge in [-0.15, -0.1) is 0 Å². The molecule has 0 atom stereocenters. The van der Waals surface area contributed by atoms with Gasteiger partial charge in [-0.2, -0.15) is 26.3 Å². The van der Waals surface area contributed by atoms with E-state index in [0.29, 0.717) is 23.3 Å². The summed E-state index contributed by atoms with van der Waals surface area (Å²) in [6.45, 7) is 5.05. The van der Waals surface area contributed by atoms with Gasteiger partial charge in [-0.25, -0.2) is 4.98 Å². The van der Waals surface area contributed by atoms with Crippen molar-refractivity contribution in [1.82, 2.24) is 9.63 Å². The number of amides is 1. The fourth-order valence-corrected chi connectivity index (χ4v) is 4.46. The normalized spacial score (nSPS) is 16.1. The van der Waals surface area contributed by atoms with Crippen LogP contribution in [0, 0.1) is 12.1 Å². The van der Waals surface area contributed by atoms with Crippen molar-refractivity contribution in [3.8, 4) is 11.1 Å². The molecule has 1 N–H and O–H groups in total. The molecule has 1 aliphatic heterocycles. The zero-order valence-corrected chi connectivity index (χ0v) is 21.9. The molecule has 4 rings (SSSR count). The van der Waals surface area contributed by atoms with Gasteiger partial charge in [-0.1, -0.05) is 24.3 Å². The molecule has 0 unspecified atom stereocenters. The Hall–Kier alpha value is -3.48. The standard InChI is InChI=1S/C28H27F6N3O3/c1-17-6-4-5-7-21(17)22-15-24(37(39)8-10-40-11-9-37)35-16-23(22)36-25(38)26(2,3)18-12-19(27(29,30)31)14-20(13-18)28(32,33)34/h4-7,12-16H,8-11H2,1-3H3,(H,36,38). The van der Waals surface area contributed by atoms with Gasteiger partial charge >= 0.3 is 12.4 Å². The van der Waals surface area contributed by atoms with Crippen LogP contribution in [0.3, 0.4) is 0 Å². The van der Waals surface area contributed by atoms with E-state index in [1.165, 1.54) is 20.0 Å². The molecule has 6 nitrogen and oxygen atoms in total. The van der Waals surface area contributed by atoms with Crippen LogP contribution < -0.4 is 9.96 Å². The number of nitrogens with zero attached hydrogens (tertiary/aromatic N) is 2. The van der Waals surface area contributed by atoms with Crippen LogP contribution in [0.2, 0.25) is 0 Å². The van der Waals surface area contributed by atoms with Gasteiger partial charge in [-0.05, 0) is 55.7 Å². The molecule has 1 amide bonds. The van der Waals surface area contributed by atoms with Gasteiger partial charge in [0.1, 0.15) is 13.1 Å². The summed E-state index contributed by atoms with van der Waals surface area (Å²) in [5.74, 6) is -0.673. The first-order chi connectivity index (χ1) is 18.5. The summed E-state index contributed by atoms with van der Waals surface area (Å²) in [5, 5.41) is 16.1. The predicted octanol–water partition coefficient (Wildman–Crippen LogP) is 6.85. The van der Waals surface area contributed by atoms with Crippen molar-refractivity contribution in [2.75, 3.05) is 31.6 Å². The molecule has 40 heavy (non-hydrogen) atoms. The Morgan fingerprint density at radius 2 is 1.45 bits per heavy atom. The van der Waals surface area contributed by atoms with E-state index in [2.05, 4.69) is 10.3 Å². The average molecular weight is 568 g/mol. The summed E-state index contributed by atoms with van der Waals surface area (Å²) in [7, 11) is 0. The monoisotopic (exact) mass is 567 g/mol. The first kappa shape index (κ1) is 29.5. The number of carbonyl (C=O) groups is 1. The Kier molecular flexibility index (Phi) is 7.74. The summed E-state index contributed by atoms with van der Waals surface area (Å²) in [6.07, 6.45) is -8.83. The first-order valence-electron chi connectivity index (χ1n) is 12.4. The number of rotatable bonds is 5. The summed E-state index contributed by atoms with van der Waals surface area (Å²) < 4.78 is 85.3. The van der Waals surface area contributed by atoms with Crippen LogP contribution in [0.1, 0.15) is 36.1 Å². The van der Waals surface area contributed by atoms with Crippen LogP contribution in [-0.2, 0) is 27.3 Å². The van der Waals surface area contributed by atoms with Crippen molar-refractivity contribution in [3.05, 3.63) is 82.2 Å². The first-order valence-corrected chi connectivity index (χ1v) is 12.4. The van der Waals surface area contributed by atoms with Gasteiger partial charge in [0.05, 0.1) is 41.6 Å². The Balaban J connectivity index is 1.77. The van der Waals surface area contributed by atoms with Gasteiger partial charge in [0, 0.05) is 11.6 Å². The number of quaternary nitrogens is 1. The highest BCUT2D eigenvalue weighted by Crippen LogP contribution is 2.40. The molecule has 3 aromatic rings. The lowest BCUT2D eigenvalue weighted by molar-refractivity contribution is -0.143. The Bertz CT molecular complexity index is 1380. The number of carbonyl (C=O) groups excluding carboxylic acids is 1. The number of anilines is 1. The lowest BCUT2D eigenvalue weighted by Crippen LogP contribution is -2.52. The molecular formula is C28H27F6N3O3. The van der Waals surface area contributed by atoms with Gasteiger partial charge < -0.3 is 19.9 Å². The van der Waals surface area contributed by atoms with E-state index in [-0.39, 0.29) is 43.9 Å². The highest BCUT2D eigenvalue weighted by Gasteiger charge is 2.40. The van der Waals surface area contributed by atoms with Gasteiger partial charge in [0.2, 0.25) is 11.7 Å². The second-order valence-corrected chi connectivity index (χ2v) is 10.2. The van der Waals surface area contributed by atoms with Crippen molar-refractivity contribution in [2.24, 2.45) is 0 Å². The van der Waals surface area contributed by atoms with Crippen LogP contribution in [0.15, 0.2) is 54.7 Å². The summed E-state index contributed by atoms with van der Waals surface area (Å²) >= 11 is 0. The maximum atomic E-state index is 13.5. The average Bonchev–Trinajstić information content (AvgIpc) is 2.88. The third-order valence-corrected chi connectivity index (χ3v) is 7.06. The van der Waals surface area contributed by atoms with Gasteiger partial charge in [0.25, 0.3) is 0 Å². The van der Waals surface area contributed by atoms with E-state index < -0.39 is 45.0 Å². The number of hydroxylamine groups is 2. The number of aryl methyl sites for hydroxylation is 1. The van der Waals surface area contributed by atoms with Crippen LogP contribution in [0.5, 0.6) is 0 Å². The minimum atomic E-state index is -5.06. The molecule has 0 aliphatic carbocycles. The predicted molar refractivity (Wildman–Crippen MR) is 138 cm³/mol. The summed E-state index contributed by atoms with van der Waals surface area (Å²) in [5.41, 5.74) is -3.25. The summed E-state index contributed by atoms with van der Waals surface area (Å²) in [6, 6.07) is 9.81. The van der Waals surface area contributed by atoms with Crippen LogP contribution in [-0.4, -0.2) is 37.2 Å². The fourth-order valence-electron chi connectivity index (χ4n) is 4.46. The Labute approximate surface area is 226 Å². The minimum absolute atomic E-state index is 0.0176. The third-order valence-electron chi connectivity index (χ3n) is 7.06. The van der Waals surface area contributed by atoms with E-state index in [4.69, 9.17) is 4.74 Å². The van der Waals surface area contributed by atoms with Crippen molar-refractivity contribution >= 4 is 17.4 Å². The van der Waals surface area contributed by atoms with E-state index >= 15 is 0 Å².